The summed E-state index contributed by atoms with van der Waals surface area (Å²) in [6, 6.07) is 12.5. The molecule has 0 fully saturated rings. The number of benzene rings is 2. The fourth-order valence-corrected chi connectivity index (χ4v) is 3.00. The van der Waals surface area contributed by atoms with Crippen LogP contribution in [0.5, 0.6) is 23.0 Å². The van der Waals surface area contributed by atoms with Gasteiger partial charge in [0.25, 0.3) is 5.91 Å². The van der Waals surface area contributed by atoms with Crippen LogP contribution < -0.4 is 24.3 Å². The SMILES string of the molecule is CCOc1ccc(-c2nonc2NC(=O)[C@H]2COc3ccccc3O2)cc1OCC. The van der Waals surface area contributed by atoms with Gasteiger partial charge < -0.3 is 24.3 Å². The van der Waals surface area contributed by atoms with Crippen molar-refractivity contribution in [2.24, 2.45) is 0 Å². The van der Waals surface area contributed by atoms with Gasteiger partial charge in [-0.2, -0.15) is 0 Å². The lowest BCUT2D eigenvalue weighted by molar-refractivity contribution is -0.125. The van der Waals surface area contributed by atoms with E-state index in [1.807, 2.05) is 26.0 Å². The molecule has 156 valence electrons. The number of ether oxygens (including phenoxy) is 4. The Morgan fingerprint density at radius 3 is 2.63 bits per heavy atom. The maximum Gasteiger partial charge on any atom is 0.270 e. The maximum absolute atomic E-state index is 12.7. The number of fused-ring (bicyclic) bond motifs is 1. The summed E-state index contributed by atoms with van der Waals surface area (Å²) in [4.78, 5) is 12.7. The number of anilines is 1. The number of hydrogen-bond donors (Lipinski definition) is 1. The summed E-state index contributed by atoms with van der Waals surface area (Å²) in [5.41, 5.74) is 1.02. The van der Waals surface area contributed by atoms with Crippen molar-refractivity contribution in [2.75, 3.05) is 25.1 Å². The largest absolute Gasteiger partial charge is 0.490 e. The van der Waals surface area contributed by atoms with E-state index in [4.69, 9.17) is 23.6 Å². The molecule has 2 heterocycles. The van der Waals surface area contributed by atoms with E-state index in [0.29, 0.717) is 47.5 Å². The van der Waals surface area contributed by atoms with Crippen molar-refractivity contribution >= 4 is 11.7 Å². The maximum atomic E-state index is 12.7. The van der Waals surface area contributed by atoms with Gasteiger partial charge in [-0.05, 0) is 54.5 Å². The first-order valence-electron chi connectivity index (χ1n) is 9.61. The summed E-state index contributed by atoms with van der Waals surface area (Å²) in [7, 11) is 0. The van der Waals surface area contributed by atoms with E-state index in [1.165, 1.54) is 0 Å². The molecule has 0 aliphatic carbocycles. The minimum absolute atomic E-state index is 0.0843. The number of amides is 1. The monoisotopic (exact) mass is 411 g/mol. The Bertz CT molecular complexity index is 1040. The number of nitrogens with one attached hydrogen (secondary N) is 1. The lowest BCUT2D eigenvalue weighted by Gasteiger charge is -2.25. The molecule has 0 radical (unpaired) electrons. The molecule has 2 aromatic carbocycles. The van der Waals surface area contributed by atoms with Gasteiger partial charge in [0.05, 0.1) is 13.2 Å². The Morgan fingerprint density at radius 2 is 1.83 bits per heavy atom. The van der Waals surface area contributed by atoms with Gasteiger partial charge in [-0.1, -0.05) is 12.1 Å². The Morgan fingerprint density at radius 1 is 1.07 bits per heavy atom. The molecule has 1 atom stereocenters. The lowest BCUT2D eigenvalue weighted by Crippen LogP contribution is -2.40. The molecule has 3 aromatic rings. The molecule has 0 unspecified atom stereocenters. The van der Waals surface area contributed by atoms with Gasteiger partial charge in [0.1, 0.15) is 6.61 Å². The number of carbonyl (C=O) groups is 1. The van der Waals surface area contributed by atoms with E-state index >= 15 is 0 Å². The van der Waals surface area contributed by atoms with E-state index in [2.05, 4.69) is 15.6 Å². The molecule has 4 rings (SSSR count). The van der Waals surface area contributed by atoms with Crippen LogP contribution in [0, 0.1) is 0 Å². The topological polar surface area (TPSA) is 105 Å². The summed E-state index contributed by atoms with van der Waals surface area (Å²) in [5, 5.41) is 10.4. The molecule has 0 saturated heterocycles. The van der Waals surface area contributed by atoms with Crippen molar-refractivity contribution in [3.63, 3.8) is 0 Å². The van der Waals surface area contributed by atoms with E-state index in [1.54, 1.807) is 30.3 Å². The molecule has 1 aromatic heterocycles. The highest BCUT2D eigenvalue weighted by molar-refractivity contribution is 5.96. The molecule has 9 heteroatoms. The second-order valence-electron chi connectivity index (χ2n) is 6.34. The van der Waals surface area contributed by atoms with E-state index in [9.17, 15) is 4.79 Å². The number of aromatic nitrogens is 2. The average molecular weight is 411 g/mol. The van der Waals surface area contributed by atoms with Gasteiger partial charge in [-0.25, -0.2) is 4.63 Å². The molecule has 0 bridgehead atoms. The van der Waals surface area contributed by atoms with Gasteiger partial charge in [0, 0.05) is 5.56 Å². The Balaban J connectivity index is 1.52. The van der Waals surface area contributed by atoms with Crippen LogP contribution in [0.15, 0.2) is 47.1 Å². The fraction of sp³-hybridized carbons (Fsp3) is 0.286. The minimum Gasteiger partial charge on any atom is -0.490 e. The Labute approximate surface area is 172 Å². The van der Waals surface area contributed by atoms with Crippen LogP contribution in [0.4, 0.5) is 5.82 Å². The van der Waals surface area contributed by atoms with Gasteiger partial charge >= 0.3 is 0 Å². The van der Waals surface area contributed by atoms with Crippen molar-refractivity contribution in [3.05, 3.63) is 42.5 Å². The highest BCUT2D eigenvalue weighted by Gasteiger charge is 2.29. The number of nitrogens with zero attached hydrogens (tertiary/aromatic N) is 2. The zero-order chi connectivity index (χ0) is 20.9. The summed E-state index contributed by atoms with van der Waals surface area (Å²) in [6.45, 7) is 4.86. The highest BCUT2D eigenvalue weighted by atomic mass is 16.6. The zero-order valence-electron chi connectivity index (χ0n) is 16.6. The number of para-hydroxylation sites is 2. The normalized spacial score (nSPS) is 14.8. The molecule has 0 saturated carbocycles. The fourth-order valence-electron chi connectivity index (χ4n) is 3.00. The van der Waals surface area contributed by atoms with Crippen molar-refractivity contribution in [1.29, 1.82) is 0 Å². The molecule has 9 nitrogen and oxygen atoms in total. The van der Waals surface area contributed by atoms with Crippen LogP contribution >= 0.6 is 0 Å². The van der Waals surface area contributed by atoms with Gasteiger partial charge in [0.15, 0.2) is 28.7 Å². The molecule has 1 aliphatic heterocycles. The molecule has 1 amide bonds. The molecule has 0 spiro atoms. The van der Waals surface area contributed by atoms with E-state index in [-0.39, 0.29) is 12.4 Å². The molecule has 30 heavy (non-hydrogen) atoms. The van der Waals surface area contributed by atoms with Crippen LogP contribution in [-0.2, 0) is 4.79 Å². The van der Waals surface area contributed by atoms with Gasteiger partial charge in [0.2, 0.25) is 11.9 Å². The first kappa shape index (κ1) is 19.6. The van der Waals surface area contributed by atoms with E-state index < -0.39 is 12.0 Å². The molecular formula is C21H21N3O6. The predicted octanol–water partition coefficient (Wildman–Crippen LogP) is 3.31. The first-order chi connectivity index (χ1) is 14.7. The minimum atomic E-state index is -0.830. The van der Waals surface area contributed by atoms with Crippen LogP contribution in [0.3, 0.4) is 0 Å². The predicted molar refractivity (Wildman–Crippen MR) is 107 cm³/mol. The Hall–Kier alpha value is -3.75. The quantitative estimate of drug-likeness (QED) is 0.631. The summed E-state index contributed by atoms with van der Waals surface area (Å²) < 4.78 is 27.4. The second kappa shape index (κ2) is 8.73. The van der Waals surface area contributed by atoms with Crippen LogP contribution in [0.25, 0.3) is 11.3 Å². The van der Waals surface area contributed by atoms with Crippen LogP contribution in [0.1, 0.15) is 13.8 Å². The second-order valence-corrected chi connectivity index (χ2v) is 6.34. The van der Waals surface area contributed by atoms with Crippen molar-refractivity contribution in [1.82, 2.24) is 10.3 Å². The van der Waals surface area contributed by atoms with Gasteiger partial charge in [-0.15, -0.1) is 0 Å². The lowest BCUT2D eigenvalue weighted by atomic mass is 10.1. The van der Waals surface area contributed by atoms with Crippen molar-refractivity contribution < 1.29 is 28.4 Å². The zero-order valence-corrected chi connectivity index (χ0v) is 16.6. The van der Waals surface area contributed by atoms with Gasteiger partial charge in [-0.3, -0.25) is 4.79 Å². The molecule has 1 aliphatic rings. The third kappa shape index (κ3) is 4.00. The summed E-state index contributed by atoms with van der Waals surface area (Å²) in [6.07, 6.45) is -0.830. The number of carbonyl (C=O) groups excluding carboxylic acids is 1. The smallest absolute Gasteiger partial charge is 0.270 e. The first-order valence-corrected chi connectivity index (χ1v) is 9.61. The number of hydrogen-bond acceptors (Lipinski definition) is 8. The summed E-state index contributed by atoms with van der Waals surface area (Å²) >= 11 is 0. The molecular weight excluding hydrogens is 390 g/mol. The third-order valence-corrected chi connectivity index (χ3v) is 4.35. The molecule has 1 N–H and O–H groups in total. The Kier molecular flexibility index (Phi) is 5.69. The number of rotatable bonds is 7. The van der Waals surface area contributed by atoms with Crippen LogP contribution in [-0.4, -0.2) is 42.1 Å². The van der Waals surface area contributed by atoms with Crippen molar-refractivity contribution in [3.8, 4) is 34.3 Å². The van der Waals surface area contributed by atoms with E-state index in [0.717, 1.165) is 0 Å². The standard InChI is InChI=1S/C21H21N3O6/c1-3-26-15-10-9-13(11-17(15)27-4-2)19-20(24-30-23-19)22-21(25)18-12-28-14-7-5-6-8-16(14)29-18/h5-11,18H,3-4,12H2,1-2H3,(H,22,24,25)/t18-/m1/s1. The van der Waals surface area contributed by atoms with Crippen LogP contribution in [0.2, 0.25) is 0 Å². The highest BCUT2D eigenvalue weighted by Crippen LogP contribution is 2.35. The summed E-state index contributed by atoms with van der Waals surface area (Å²) in [5.74, 6) is 2.05. The average Bonchev–Trinajstić information content (AvgIpc) is 3.23. The third-order valence-electron chi connectivity index (χ3n) is 4.35. The van der Waals surface area contributed by atoms with Crippen molar-refractivity contribution in [2.45, 2.75) is 20.0 Å².